The zero-order valence-corrected chi connectivity index (χ0v) is 11.1. The Hall–Kier alpha value is -0.770. The van der Waals surface area contributed by atoms with Crippen molar-refractivity contribution in [2.24, 2.45) is 0 Å². The molecule has 0 aliphatic rings. The summed E-state index contributed by atoms with van der Waals surface area (Å²) < 4.78 is 44.7. The molecule has 0 aliphatic heterocycles. The van der Waals surface area contributed by atoms with E-state index in [1.165, 1.54) is 13.2 Å². The minimum atomic E-state index is -4.97. The van der Waals surface area contributed by atoms with E-state index in [1.54, 1.807) is 22.6 Å². The summed E-state index contributed by atoms with van der Waals surface area (Å²) in [4.78, 5) is 14.4. The fraction of sp³-hybridized carbons (Fsp3) is 0.250. The van der Waals surface area contributed by atoms with Gasteiger partial charge in [-0.15, -0.1) is 13.2 Å². The average Bonchev–Trinajstić information content (AvgIpc) is 2.13. The van der Waals surface area contributed by atoms with E-state index in [9.17, 15) is 18.0 Å². The van der Waals surface area contributed by atoms with Gasteiger partial charge < -0.3 is 9.47 Å². The van der Waals surface area contributed by atoms with Crippen molar-refractivity contribution in [2.75, 3.05) is 7.11 Å². The van der Waals surface area contributed by atoms with Crippen LogP contribution in [0.2, 0.25) is 0 Å². The molecule has 0 N–H and O–H groups in total. The lowest BCUT2D eigenvalue weighted by atomic mass is 10.3. The summed E-state index contributed by atoms with van der Waals surface area (Å²) in [5, 5.41) is -1.09. The predicted octanol–water partition coefficient (Wildman–Crippen LogP) is 2.97. The van der Waals surface area contributed by atoms with Gasteiger partial charge in [0.25, 0.3) is 5.24 Å². The Labute approximate surface area is 112 Å². The summed E-state index contributed by atoms with van der Waals surface area (Å²) in [5.74, 6) is -1.04. The van der Waals surface area contributed by atoms with Crippen molar-refractivity contribution in [3.05, 3.63) is 15.2 Å². The van der Waals surface area contributed by atoms with E-state index in [4.69, 9.17) is 11.6 Å². The van der Waals surface area contributed by atoms with E-state index in [1.807, 2.05) is 0 Å². The van der Waals surface area contributed by atoms with Crippen LogP contribution in [0.5, 0.6) is 11.8 Å². The van der Waals surface area contributed by atoms with Crippen molar-refractivity contribution < 1.29 is 27.4 Å². The van der Waals surface area contributed by atoms with Gasteiger partial charge in [-0.05, 0) is 34.2 Å². The van der Waals surface area contributed by atoms with E-state index in [0.717, 1.165) is 0 Å². The molecule has 1 heterocycles. The van der Waals surface area contributed by atoms with Crippen LogP contribution in [0.4, 0.5) is 13.2 Å². The Morgan fingerprint density at radius 1 is 1.53 bits per heavy atom. The Morgan fingerprint density at radius 3 is 2.53 bits per heavy atom. The second kappa shape index (κ2) is 5.25. The van der Waals surface area contributed by atoms with E-state index in [-0.39, 0.29) is 9.45 Å². The lowest BCUT2D eigenvalue weighted by molar-refractivity contribution is -0.276. The molecule has 0 amide bonds. The van der Waals surface area contributed by atoms with Gasteiger partial charge in [-0.3, -0.25) is 4.79 Å². The number of hydrogen-bond donors (Lipinski definition) is 0. The number of rotatable bonds is 3. The SMILES string of the molecule is COc1cc(I)c(C(=O)Cl)c(OC(F)(F)F)n1. The van der Waals surface area contributed by atoms with Gasteiger partial charge in [0.2, 0.25) is 11.8 Å². The quantitative estimate of drug-likeness (QED) is 0.597. The Morgan fingerprint density at radius 2 is 2.12 bits per heavy atom. The lowest BCUT2D eigenvalue weighted by Gasteiger charge is -2.12. The van der Waals surface area contributed by atoms with E-state index in [2.05, 4.69) is 14.5 Å². The van der Waals surface area contributed by atoms with Crippen LogP contribution in [0.3, 0.4) is 0 Å². The third-order valence-corrected chi connectivity index (χ3v) is 2.57. The number of nitrogens with zero attached hydrogens (tertiary/aromatic N) is 1. The van der Waals surface area contributed by atoms with Crippen molar-refractivity contribution in [3.8, 4) is 11.8 Å². The first kappa shape index (κ1) is 14.3. The number of aromatic nitrogens is 1. The highest BCUT2D eigenvalue weighted by Crippen LogP contribution is 2.31. The number of pyridine rings is 1. The number of halogens is 5. The maximum atomic E-state index is 12.1. The lowest BCUT2D eigenvalue weighted by Crippen LogP contribution is -2.20. The number of carbonyl (C=O) groups is 1. The standard InChI is InChI=1S/C8H4ClF3INO3/c1-16-4-2-3(13)5(6(9)15)7(14-4)17-8(10,11)12/h2H,1H3. The highest BCUT2D eigenvalue weighted by Gasteiger charge is 2.34. The van der Waals surface area contributed by atoms with Crippen LogP contribution in [-0.2, 0) is 0 Å². The molecule has 0 bridgehead atoms. The van der Waals surface area contributed by atoms with Gasteiger partial charge >= 0.3 is 6.36 Å². The maximum absolute atomic E-state index is 12.1. The monoisotopic (exact) mass is 381 g/mol. The third-order valence-electron chi connectivity index (χ3n) is 1.53. The fourth-order valence-corrected chi connectivity index (χ4v) is 2.02. The molecule has 1 aromatic heterocycles. The molecule has 0 aliphatic carbocycles. The first-order valence-electron chi connectivity index (χ1n) is 3.94. The van der Waals surface area contributed by atoms with Crippen LogP contribution in [0, 0.1) is 3.57 Å². The Bertz CT molecular complexity index is 452. The summed E-state index contributed by atoms with van der Waals surface area (Å²) in [6.45, 7) is 0. The van der Waals surface area contributed by atoms with Crippen molar-refractivity contribution in [2.45, 2.75) is 6.36 Å². The van der Waals surface area contributed by atoms with E-state index < -0.39 is 23.0 Å². The zero-order chi connectivity index (χ0) is 13.2. The minimum Gasteiger partial charge on any atom is -0.481 e. The second-order valence-electron chi connectivity index (χ2n) is 2.65. The Balaban J connectivity index is 3.32. The summed E-state index contributed by atoms with van der Waals surface area (Å²) >= 11 is 6.80. The molecular weight excluding hydrogens is 377 g/mol. The summed E-state index contributed by atoms with van der Waals surface area (Å²) in [6, 6.07) is 1.26. The molecular formula is C8H4ClF3INO3. The molecule has 1 aromatic rings. The molecule has 0 aromatic carbocycles. The Kier molecular flexibility index (Phi) is 4.42. The average molecular weight is 381 g/mol. The van der Waals surface area contributed by atoms with Crippen LogP contribution in [0.25, 0.3) is 0 Å². The molecule has 0 unspecified atom stereocenters. The van der Waals surface area contributed by atoms with Gasteiger partial charge in [-0.2, -0.15) is 4.98 Å². The number of ether oxygens (including phenoxy) is 2. The number of alkyl halides is 3. The summed E-state index contributed by atoms with van der Waals surface area (Å²) in [6.07, 6.45) is -4.97. The molecule has 0 saturated heterocycles. The third kappa shape index (κ3) is 3.87. The zero-order valence-electron chi connectivity index (χ0n) is 8.14. The number of methoxy groups -OCH3 is 1. The van der Waals surface area contributed by atoms with E-state index in [0.29, 0.717) is 0 Å². The van der Waals surface area contributed by atoms with Gasteiger partial charge in [0.1, 0.15) is 5.56 Å². The van der Waals surface area contributed by atoms with E-state index >= 15 is 0 Å². The minimum absolute atomic E-state index is 0.115. The molecule has 4 nitrogen and oxygen atoms in total. The van der Waals surface area contributed by atoms with Crippen LogP contribution in [0.1, 0.15) is 10.4 Å². The molecule has 0 saturated carbocycles. The predicted molar refractivity (Wildman–Crippen MR) is 60.4 cm³/mol. The van der Waals surface area contributed by atoms with Gasteiger partial charge in [0.05, 0.1) is 7.11 Å². The smallest absolute Gasteiger partial charge is 0.481 e. The molecule has 9 heteroatoms. The molecule has 0 radical (unpaired) electrons. The summed E-state index contributed by atoms with van der Waals surface area (Å²) in [5.41, 5.74) is -0.453. The molecule has 94 valence electrons. The van der Waals surface area contributed by atoms with Crippen molar-refractivity contribution in [3.63, 3.8) is 0 Å². The normalized spacial score (nSPS) is 11.2. The van der Waals surface area contributed by atoms with Gasteiger partial charge in [-0.25, -0.2) is 0 Å². The van der Waals surface area contributed by atoms with Crippen LogP contribution >= 0.6 is 34.2 Å². The largest absolute Gasteiger partial charge is 0.574 e. The van der Waals surface area contributed by atoms with Crippen LogP contribution in [-0.4, -0.2) is 23.7 Å². The molecule has 0 spiro atoms. The van der Waals surface area contributed by atoms with Crippen molar-refractivity contribution >= 4 is 39.4 Å². The fourth-order valence-electron chi connectivity index (χ4n) is 0.937. The second-order valence-corrected chi connectivity index (χ2v) is 4.15. The van der Waals surface area contributed by atoms with Crippen LogP contribution in [0.15, 0.2) is 6.07 Å². The van der Waals surface area contributed by atoms with Crippen molar-refractivity contribution in [1.29, 1.82) is 0 Å². The maximum Gasteiger partial charge on any atom is 0.574 e. The topological polar surface area (TPSA) is 48.4 Å². The number of hydrogen-bond acceptors (Lipinski definition) is 4. The highest BCUT2D eigenvalue weighted by molar-refractivity contribution is 14.1. The van der Waals surface area contributed by atoms with Gasteiger partial charge in [0, 0.05) is 9.64 Å². The van der Waals surface area contributed by atoms with Gasteiger partial charge in [0.15, 0.2) is 0 Å². The van der Waals surface area contributed by atoms with Crippen molar-refractivity contribution in [1.82, 2.24) is 4.98 Å². The first-order valence-corrected chi connectivity index (χ1v) is 5.40. The molecule has 0 fully saturated rings. The summed E-state index contributed by atoms with van der Waals surface area (Å²) in [7, 11) is 1.22. The van der Waals surface area contributed by atoms with Gasteiger partial charge in [-0.1, -0.05) is 0 Å². The van der Waals surface area contributed by atoms with Crippen LogP contribution < -0.4 is 9.47 Å². The molecule has 0 atom stereocenters. The molecule has 17 heavy (non-hydrogen) atoms. The molecule has 1 rings (SSSR count). The highest BCUT2D eigenvalue weighted by atomic mass is 127. The number of carbonyl (C=O) groups excluding carboxylic acids is 1. The first-order chi connectivity index (χ1) is 7.74.